The van der Waals surface area contributed by atoms with Gasteiger partial charge in [0, 0.05) is 11.4 Å². The van der Waals surface area contributed by atoms with Crippen LogP contribution in [0.3, 0.4) is 0 Å². The van der Waals surface area contributed by atoms with E-state index in [2.05, 4.69) is 175 Å². The number of anilines is 2. The zero-order valence-electron chi connectivity index (χ0n) is 24.2. The van der Waals surface area contributed by atoms with Crippen molar-refractivity contribution in [2.75, 3.05) is 5.32 Å². The molecular formula is C43H29N. The summed E-state index contributed by atoms with van der Waals surface area (Å²) in [7, 11) is 0. The fraction of sp³-hybridized carbons (Fsp3) is 0.0233. The molecule has 0 heterocycles. The summed E-state index contributed by atoms with van der Waals surface area (Å²) < 4.78 is 0. The molecule has 9 rings (SSSR count). The highest BCUT2D eigenvalue weighted by atomic mass is 14.9. The lowest BCUT2D eigenvalue weighted by Crippen LogP contribution is -2.25. The molecule has 0 bridgehead atoms. The Kier molecular flexibility index (Phi) is 5.48. The van der Waals surface area contributed by atoms with Crippen molar-refractivity contribution in [3.8, 4) is 44.5 Å². The summed E-state index contributed by atoms with van der Waals surface area (Å²) in [5.41, 5.74) is 17.4. The number of rotatable bonds is 4. The molecule has 0 saturated heterocycles. The Morgan fingerprint density at radius 2 is 0.727 bits per heavy atom. The number of nitrogens with one attached hydrogen (secondary N) is 1. The minimum atomic E-state index is -0.314. The summed E-state index contributed by atoms with van der Waals surface area (Å²) in [5, 5.41) is 3.80. The van der Waals surface area contributed by atoms with Crippen LogP contribution in [0.25, 0.3) is 44.5 Å². The zero-order valence-corrected chi connectivity index (χ0v) is 24.2. The van der Waals surface area contributed by atoms with E-state index in [0.717, 1.165) is 11.4 Å². The van der Waals surface area contributed by atoms with Crippen molar-refractivity contribution in [2.24, 2.45) is 0 Å². The van der Waals surface area contributed by atoms with Gasteiger partial charge in [0.15, 0.2) is 0 Å². The molecule has 7 aromatic carbocycles. The van der Waals surface area contributed by atoms with Crippen LogP contribution in [-0.4, -0.2) is 0 Å². The summed E-state index contributed by atoms with van der Waals surface area (Å²) in [4.78, 5) is 0. The standard InChI is InChI=1S/C43H29N/c1-3-13-29(14-4-1)31-25-32(30-15-5-2-6-16-30)27-34(26-31)44-33-23-24-42-38(28-33)37-19-9-12-22-41(37)43(42)39-20-10-7-17-35(39)36-18-8-11-21-40(36)43/h1-28,44H. The van der Waals surface area contributed by atoms with E-state index in [4.69, 9.17) is 0 Å². The maximum atomic E-state index is 3.80. The maximum Gasteiger partial charge on any atom is 0.0725 e. The van der Waals surface area contributed by atoms with Crippen molar-refractivity contribution < 1.29 is 0 Å². The van der Waals surface area contributed by atoms with Gasteiger partial charge in [-0.2, -0.15) is 0 Å². The van der Waals surface area contributed by atoms with Crippen LogP contribution in [-0.2, 0) is 5.41 Å². The van der Waals surface area contributed by atoms with E-state index in [1.807, 2.05) is 0 Å². The summed E-state index contributed by atoms with van der Waals surface area (Å²) >= 11 is 0. The monoisotopic (exact) mass is 559 g/mol. The lowest BCUT2D eigenvalue weighted by molar-refractivity contribution is 0.794. The number of benzene rings is 7. The zero-order chi connectivity index (χ0) is 29.1. The van der Waals surface area contributed by atoms with Crippen LogP contribution in [0.1, 0.15) is 22.3 Å². The predicted octanol–water partition coefficient (Wildman–Crippen LogP) is 11.1. The van der Waals surface area contributed by atoms with Crippen LogP contribution in [0.4, 0.5) is 11.4 Å². The summed E-state index contributed by atoms with van der Waals surface area (Å²) in [5.74, 6) is 0. The SMILES string of the molecule is c1ccc(-c2cc(Nc3ccc4c(c3)-c3ccccc3C43c4ccccc4-c4ccccc43)cc(-c3ccccc3)c2)cc1. The first-order valence-corrected chi connectivity index (χ1v) is 15.3. The van der Waals surface area contributed by atoms with Gasteiger partial charge in [0.25, 0.3) is 0 Å². The van der Waals surface area contributed by atoms with E-state index in [-0.39, 0.29) is 5.41 Å². The Hall–Kier alpha value is -5.66. The van der Waals surface area contributed by atoms with Crippen LogP contribution in [0.2, 0.25) is 0 Å². The molecule has 1 spiro atoms. The van der Waals surface area contributed by atoms with Crippen LogP contribution >= 0.6 is 0 Å². The van der Waals surface area contributed by atoms with Gasteiger partial charge in [0.05, 0.1) is 5.41 Å². The lowest BCUT2D eigenvalue weighted by atomic mass is 9.70. The first kappa shape index (κ1) is 24.9. The average Bonchev–Trinajstić information content (AvgIpc) is 3.56. The van der Waals surface area contributed by atoms with Gasteiger partial charge in [-0.15, -0.1) is 0 Å². The molecule has 0 aromatic heterocycles. The highest BCUT2D eigenvalue weighted by molar-refractivity contribution is 5.96. The van der Waals surface area contributed by atoms with E-state index in [0.29, 0.717) is 0 Å². The molecule has 2 aliphatic carbocycles. The molecule has 0 aliphatic heterocycles. The van der Waals surface area contributed by atoms with Gasteiger partial charge >= 0.3 is 0 Å². The number of fused-ring (bicyclic) bond motifs is 10. The summed E-state index contributed by atoms with van der Waals surface area (Å²) in [6, 6.07) is 61.9. The fourth-order valence-electron chi connectivity index (χ4n) is 7.64. The van der Waals surface area contributed by atoms with Crippen molar-refractivity contribution in [2.45, 2.75) is 5.41 Å². The summed E-state index contributed by atoms with van der Waals surface area (Å²) in [6.45, 7) is 0. The van der Waals surface area contributed by atoms with E-state index < -0.39 is 0 Å². The quantitative estimate of drug-likeness (QED) is 0.226. The maximum absolute atomic E-state index is 3.80. The van der Waals surface area contributed by atoms with Crippen LogP contribution in [0, 0.1) is 0 Å². The Morgan fingerprint density at radius 3 is 1.25 bits per heavy atom. The molecule has 206 valence electrons. The van der Waals surface area contributed by atoms with Gasteiger partial charge in [0.1, 0.15) is 0 Å². The van der Waals surface area contributed by atoms with Gasteiger partial charge in [-0.05, 0) is 97.1 Å². The molecule has 0 saturated carbocycles. The van der Waals surface area contributed by atoms with Crippen molar-refractivity contribution in [3.05, 3.63) is 192 Å². The second-order valence-corrected chi connectivity index (χ2v) is 11.8. The highest BCUT2D eigenvalue weighted by Crippen LogP contribution is 2.62. The first-order valence-electron chi connectivity index (χ1n) is 15.3. The van der Waals surface area contributed by atoms with Gasteiger partial charge in [0.2, 0.25) is 0 Å². The van der Waals surface area contributed by atoms with E-state index in [1.165, 1.54) is 66.8 Å². The molecule has 44 heavy (non-hydrogen) atoms. The highest BCUT2D eigenvalue weighted by Gasteiger charge is 2.51. The molecular weight excluding hydrogens is 530 g/mol. The molecule has 1 heteroatoms. The van der Waals surface area contributed by atoms with Gasteiger partial charge < -0.3 is 5.32 Å². The predicted molar refractivity (Wildman–Crippen MR) is 183 cm³/mol. The Morgan fingerprint density at radius 1 is 0.295 bits per heavy atom. The van der Waals surface area contributed by atoms with E-state index >= 15 is 0 Å². The van der Waals surface area contributed by atoms with Gasteiger partial charge in [-0.1, -0.05) is 140 Å². The van der Waals surface area contributed by atoms with Crippen LogP contribution in [0.15, 0.2) is 170 Å². The lowest BCUT2D eigenvalue weighted by Gasteiger charge is -2.30. The van der Waals surface area contributed by atoms with Crippen LogP contribution < -0.4 is 5.32 Å². The van der Waals surface area contributed by atoms with Crippen molar-refractivity contribution in [1.29, 1.82) is 0 Å². The first-order chi connectivity index (χ1) is 21.8. The van der Waals surface area contributed by atoms with Crippen LogP contribution in [0.5, 0.6) is 0 Å². The Bertz CT molecular complexity index is 2090. The van der Waals surface area contributed by atoms with Crippen molar-refractivity contribution >= 4 is 11.4 Å². The summed E-state index contributed by atoms with van der Waals surface area (Å²) in [6.07, 6.45) is 0. The number of hydrogen-bond acceptors (Lipinski definition) is 1. The largest absolute Gasteiger partial charge is 0.355 e. The molecule has 0 atom stereocenters. The van der Waals surface area contributed by atoms with Crippen molar-refractivity contribution in [1.82, 2.24) is 0 Å². The third-order valence-corrected chi connectivity index (χ3v) is 9.43. The van der Waals surface area contributed by atoms with Gasteiger partial charge in [-0.25, -0.2) is 0 Å². The normalized spacial score (nSPS) is 13.2. The Labute approximate surface area is 258 Å². The second kappa shape index (κ2) is 9.69. The minimum absolute atomic E-state index is 0.314. The molecule has 7 aromatic rings. The molecule has 0 unspecified atom stereocenters. The molecule has 2 aliphatic rings. The molecule has 0 amide bonds. The molecule has 0 radical (unpaired) electrons. The van der Waals surface area contributed by atoms with E-state index in [1.54, 1.807) is 0 Å². The average molecular weight is 560 g/mol. The minimum Gasteiger partial charge on any atom is -0.355 e. The number of hydrogen-bond donors (Lipinski definition) is 1. The smallest absolute Gasteiger partial charge is 0.0725 e. The topological polar surface area (TPSA) is 12.0 Å². The second-order valence-electron chi connectivity index (χ2n) is 11.8. The molecule has 1 nitrogen and oxygen atoms in total. The molecule has 1 N–H and O–H groups in total. The van der Waals surface area contributed by atoms with Crippen molar-refractivity contribution in [3.63, 3.8) is 0 Å². The fourth-order valence-corrected chi connectivity index (χ4v) is 7.64. The third-order valence-electron chi connectivity index (χ3n) is 9.43. The molecule has 0 fully saturated rings. The van der Waals surface area contributed by atoms with E-state index in [9.17, 15) is 0 Å². The van der Waals surface area contributed by atoms with Gasteiger partial charge in [-0.3, -0.25) is 0 Å². The third kappa shape index (κ3) is 3.60. The Balaban J connectivity index is 1.20.